The van der Waals surface area contributed by atoms with Gasteiger partial charge in [0, 0.05) is 31.2 Å². The van der Waals surface area contributed by atoms with Gasteiger partial charge in [-0.25, -0.2) is 9.80 Å². The van der Waals surface area contributed by atoms with E-state index in [1.54, 1.807) is 0 Å². The third-order valence-electron chi connectivity index (χ3n) is 5.06. The summed E-state index contributed by atoms with van der Waals surface area (Å²) in [5.74, 6) is 0. The number of piperidine rings is 2. The van der Waals surface area contributed by atoms with E-state index < -0.39 is 5.60 Å². The molecule has 3 saturated heterocycles. The molecule has 3 fully saturated rings. The van der Waals surface area contributed by atoms with Gasteiger partial charge in [0.2, 0.25) is 0 Å². The van der Waals surface area contributed by atoms with Gasteiger partial charge in [0.1, 0.15) is 5.60 Å². The quantitative estimate of drug-likeness (QED) is 0.852. The van der Waals surface area contributed by atoms with Gasteiger partial charge < -0.3 is 9.64 Å². The normalized spacial score (nSPS) is 33.0. The molecule has 2 bridgehead atoms. The maximum Gasteiger partial charge on any atom is 0.410 e. The van der Waals surface area contributed by atoms with Gasteiger partial charge in [0.15, 0.2) is 0 Å². The van der Waals surface area contributed by atoms with Gasteiger partial charge in [0.25, 0.3) is 0 Å². The Balaban J connectivity index is 1.55. The van der Waals surface area contributed by atoms with Gasteiger partial charge in [-0.3, -0.25) is 5.43 Å². The highest BCUT2D eigenvalue weighted by atomic mass is 16.6. The number of carbonyl (C=O) groups excluding carboxylic acids is 1. The lowest BCUT2D eigenvalue weighted by molar-refractivity contribution is -0.00104. The number of nitrogens with one attached hydrogen (secondary N) is 1. The number of hydrogen-bond acceptors (Lipinski definition) is 4. The Labute approximate surface area is 134 Å². The van der Waals surface area contributed by atoms with E-state index in [-0.39, 0.29) is 6.09 Å². The highest BCUT2D eigenvalue weighted by Gasteiger charge is 2.45. The average molecular weight is 309 g/mol. The largest absolute Gasteiger partial charge is 0.444 e. The molecule has 5 nitrogen and oxygen atoms in total. The second-order valence-corrected chi connectivity index (χ2v) is 8.12. The smallest absolute Gasteiger partial charge is 0.410 e. The standard InChI is InChI=1S/C17H31N3O2/c1-17(2,3)22-16(21)20-14-7-8-15(20)12-13(11-14)18-19-9-5-4-6-10-19/h13-15,18H,4-12H2,1-3H3. The molecule has 2 unspecified atom stereocenters. The predicted molar refractivity (Wildman–Crippen MR) is 86.5 cm³/mol. The Bertz CT molecular complexity index is 387. The summed E-state index contributed by atoms with van der Waals surface area (Å²) in [6.45, 7) is 8.16. The lowest BCUT2D eigenvalue weighted by Gasteiger charge is -2.41. The lowest BCUT2D eigenvalue weighted by atomic mass is 9.98. The summed E-state index contributed by atoms with van der Waals surface area (Å²) in [6.07, 6.45) is 8.23. The minimum Gasteiger partial charge on any atom is -0.444 e. The van der Waals surface area contributed by atoms with Crippen LogP contribution in [0.5, 0.6) is 0 Å². The van der Waals surface area contributed by atoms with Gasteiger partial charge in [-0.15, -0.1) is 0 Å². The molecule has 0 aromatic rings. The molecule has 3 aliphatic heterocycles. The van der Waals surface area contributed by atoms with E-state index in [2.05, 4.69) is 10.4 Å². The van der Waals surface area contributed by atoms with Crippen molar-refractivity contribution in [2.45, 2.75) is 89.4 Å². The summed E-state index contributed by atoms with van der Waals surface area (Å²) < 4.78 is 5.60. The minimum absolute atomic E-state index is 0.114. The summed E-state index contributed by atoms with van der Waals surface area (Å²) in [5.41, 5.74) is 3.32. The summed E-state index contributed by atoms with van der Waals surface area (Å²) in [6, 6.07) is 1.24. The summed E-state index contributed by atoms with van der Waals surface area (Å²) in [7, 11) is 0. The first-order valence-electron chi connectivity index (χ1n) is 8.95. The van der Waals surface area contributed by atoms with E-state index in [1.165, 1.54) is 32.4 Å². The van der Waals surface area contributed by atoms with E-state index in [9.17, 15) is 4.79 Å². The summed E-state index contributed by atoms with van der Waals surface area (Å²) in [5, 5.41) is 2.40. The Kier molecular flexibility index (Phi) is 4.64. The van der Waals surface area contributed by atoms with Crippen LogP contribution in [0.1, 0.15) is 65.7 Å². The molecule has 22 heavy (non-hydrogen) atoms. The fourth-order valence-electron chi connectivity index (χ4n) is 4.18. The molecule has 1 amide bonds. The van der Waals surface area contributed by atoms with Crippen molar-refractivity contribution in [3.05, 3.63) is 0 Å². The van der Waals surface area contributed by atoms with E-state index in [0.29, 0.717) is 18.1 Å². The summed E-state index contributed by atoms with van der Waals surface area (Å²) >= 11 is 0. The first kappa shape index (κ1) is 16.1. The molecule has 2 atom stereocenters. The number of carbonyl (C=O) groups is 1. The highest BCUT2D eigenvalue weighted by Crippen LogP contribution is 2.37. The molecule has 3 heterocycles. The van der Waals surface area contributed by atoms with Crippen LogP contribution in [0.25, 0.3) is 0 Å². The van der Waals surface area contributed by atoms with Crippen molar-refractivity contribution >= 4 is 6.09 Å². The van der Waals surface area contributed by atoms with Crippen LogP contribution in [0.4, 0.5) is 4.79 Å². The number of ether oxygens (including phenoxy) is 1. The third-order valence-corrected chi connectivity index (χ3v) is 5.06. The van der Waals surface area contributed by atoms with Crippen LogP contribution < -0.4 is 5.43 Å². The number of hydrogen-bond donors (Lipinski definition) is 1. The molecule has 0 spiro atoms. The van der Waals surface area contributed by atoms with E-state index in [4.69, 9.17) is 4.74 Å². The number of rotatable bonds is 2. The maximum absolute atomic E-state index is 12.4. The predicted octanol–water partition coefficient (Wildman–Crippen LogP) is 2.91. The molecular formula is C17H31N3O2. The van der Waals surface area contributed by atoms with Crippen molar-refractivity contribution in [3.63, 3.8) is 0 Å². The molecule has 126 valence electrons. The van der Waals surface area contributed by atoms with Crippen LogP contribution in [-0.4, -0.2) is 52.8 Å². The molecule has 0 saturated carbocycles. The molecule has 0 aromatic heterocycles. The second kappa shape index (κ2) is 6.36. The van der Waals surface area contributed by atoms with Crippen LogP contribution in [0.15, 0.2) is 0 Å². The van der Waals surface area contributed by atoms with Crippen LogP contribution in [0.2, 0.25) is 0 Å². The molecule has 5 heteroatoms. The zero-order valence-corrected chi connectivity index (χ0v) is 14.3. The Morgan fingerprint density at radius 2 is 1.64 bits per heavy atom. The Morgan fingerprint density at radius 3 is 2.18 bits per heavy atom. The number of amides is 1. The topological polar surface area (TPSA) is 44.8 Å². The maximum atomic E-state index is 12.4. The van der Waals surface area contributed by atoms with Crippen molar-refractivity contribution < 1.29 is 9.53 Å². The van der Waals surface area contributed by atoms with Crippen LogP contribution in [0, 0.1) is 0 Å². The first-order chi connectivity index (χ1) is 10.4. The van der Waals surface area contributed by atoms with E-state index in [0.717, 1.165) is 25.7 Å². The van der Waals surface area contributed by atoms with E-state index in [1.807, 2.05) is 25.7 Å². The molecule has 0 aliphatic carbocycles. The van der Waals surface area contributed by atoms with Gasteiger partial charge in [-0.05, 0) is 59.3 Å². The second-order valence-electron chi connectivity index (χ2n) is 8.12. The first-order valence-corrected chi connectivity index (χ1v) is 8.95. The van der Waals surface area contributed by atoms with Crippen LogP contribution in [0.3, 0.4) is 0 Å². The lowest BCUT2D eigenvalue weighted by Crippen LogP contribution is -2.56. The highest BCUT2D eigenvalue weighted by molar-refractivity contribution is 5.69. The number of hydrazine groups is 1. The van der Waals surface area contributed by atoms with Gasteiger partial charge in [0.05, 0.1) is 0 Å². The molecule has 1 N–H and O–H groups in total. The average Bonchev–Trinajstić information content (AvgIpc) is 2.70. The van der Waals surface area contributed by atoms with Crippen molar-refractivity contribution in [2.24, 2.45) is 0 Å². The van der Waals surface area contributed by atoms with E-state index >= 15 is 0 Å². The summed E-state index contributed by atoms with van der Waals surface area (Å²) in [4.78, 5) is 14.5. The number of fused-ring (bicyclic) bond motifs is 2. The van der Waals surface area contributed by atoms with Crippen molar-refractivity contribution in [1.29, 1.82) is 0 Å². The molecular weight excluding hydrogens is 278 g/mol. The zero-order valence-electron chi connectivity index (χ0n) is 14.3. The fraction of sp³-hybridized carbons (Fsp3) is 0.941. The zero-order chi connectivity index (χ0) is 15.7. The Morgan fingerprint density at radius 1 is 1.05 bits per heavy atom. The third kappa shape index (κ3) is 3.74. The monoisotopic (exact) mass is 309 g/mol. The molecule has 3 aliphatic rings. The van der Waals surface area contributed by atoms with Crippen molar-refractivity contribution in [2.75, 3.05) is 13.1 Å². The SMILES string of the molecule is CC(C)(C)OC(=O)N1C2CCC1CC(NN1CCCCC1)C2. The number of nitrogens with zero attached hydrogens (tertiary/aromatic N) is 2. The molecule has 0 radical (unpaired) electrons. The Hall–Kier alpha value is -0.810. The van der Waals surface area contributed by atoms with Gasteiger partial charge in [-0.2, -0.15) is 0 Å². The molecule has 3 rings (SSSR count). The van der Waals surface area contributed by atoms with Gasteiger partial charge in [-0.1, -0.05) is 6.42 Å². The van der Waals surface area contributed by atoms with Crippen LogP contribution >= 0.6 is 0 Å². The molecule has 0 aromatic carbocycles. The fourth-order valence-corrected chi connectivity index (χ4v) is 4.18. The van der Waals surface area contributed by atoms with Crippen molar-refractivity contribution in [3.8, 4) is 0 Å². The minimum atomic E-state index is -0.403. The van der Waals surface area contributed by atoms with Gasteiger partial charge >= 0.3 is 6.09 Å². The van der Waals surface area contributed by atoms with Crippen LogP contribution in [-0.2, 0) is 4.74 Å². The van der Waals surface area contributed by atoms with Crippen molar-refractivity contribution in [1.82, 2.24) is 15.3 Å².